The Bertz CT molecular complexity index is 1490. The maximum Gasteiger partial charge on any atom is 0.157 e. The second kappa shape index (κ2) is 12.6. The normalized spacial score (nSPS) is 12.6. The highest BCUT2D eigenvalue weighted by Crippen LogP contribution is 2.19. The van der Waals surface area contributed by atoms with E-state index in [4.69, 9.17) is 4.98 Å². The molecule has 1 aromatic heterocycles. The smallest absolute Gasteiger partial charge is 0.157 e. The summed E-state index contributed by atoms with van der Waals surface area (Å²) in [6.45, 7) is 4.48. The number of nitrogens with zero attached hydrogens (tertiary/aromatic N) is 2. The molecule has 0 saturated carbocycles. The minimum atomic E-state index is 0.786. The molecule has 1 aliphatic heterocycles. The molecule has 1 N–H and O–H groups in total. The van der Waals surface area contributed by atoms with E-state index in [1.54, 1.807) is 0 Å². The maximum absolute atomic E-state index is 5.14. The summed E-state index contributed by atoms with van der Waals surface area (Å²) in [5.74, 6) is 0. The highest BCUT2D eigenvalue weighted by molar-refractivity contribution is 6.08. The van der Waals surface area contributed by atoms with Crippen molar-refractivity contribution in [1.82, 2.24) is 14.9 Å². The minimum Gasteiger partial charge on any atom is -0.354 e. The van der Waals surface area contributed by atoms with Crippen LogP contribution in [0.25, 0.3) is 24.2 Å². The van der Waals surface area contributed by atoms with Gasteiger partial charge in [0.05, 0.1) is 22.4 Å². The second-order valence-corrected chi connectivity index (χ2v) is 10.4. The Balaban J connectivity index is 1.40. The van der Waals surface area contributed by atoms with Crippen molar-refractivity contribution < 1.29 is 0 Å². The number of benzene rings is 3. The SMILES string of the molecule is BCCCCCCCc1cccc(Cc2nc3n(c2=C)C=C(c2ccccc2)NC=3Cc2ccccc2)c1. The van der Waals surface area contributed by atoms with Crippen LogP contribution < -0.4 is 16.1 Å². The molecule has 192 valence electrons. The standard InChI is InChI=1S/C34H38BN3/c1-26-31(24-29-18-13-17-27(22-29)14-7-3-2-4-12-21-35)37-34-32(23-28-15-8-5-9-16-28)36-33(25-38(26)34)30-19-10-6-11-20-30/h5-6,8-11,13,15-20,22,25,36H,1-4,7,12,14,21,23-24,35H2. The lowest BCUT2D eigenvalue weighted by Gasteiger charge is -2.19. The number of rotatable bonds is 12. The van der Waals surface area contributed by atoms with Crippen LogP contribution in [0.4, 0.5) is 0 Å². The predicted molar refractivity (Wildman–Crippen MR) is 164 cm³/mol. The van der Waals surface area contributed by atoms with Gasteiger partial charge in [0, 0.05) is 19.0 Å². The lowest BCUT2D eigenvalue weighted by Crippen LogP contribution is -2.35. The van der Waals surface area contributed by atoms with Gasteiger partial charge in [0.1, 0.15) is 7.85 Å². The van der Waals surface area contributed by atoms with Gasteiger partial charge in [0.25, 0.3) is 0 Å². The van der Waals surface area contributed by atoms with Gasteiger partial charge in [-0.1, -0.05) is 124 Å². The fourth-order valence-electron chi connectivity index (χ4n) is 5.27. The average Bonchev–Trinajstić information content (AvgIpc) is 3.27. The van der Waals surface area contributed by atoms with E-state index in [1.807, 2.05) is 0 Å². The first-order chi connectivity index (χ1) is 18.7. The van der Waals surface area contributed by atoms with E-state index < -0.39 is 0 Å². The zero-order chi connectivity index (χ0) is 26.2. The summed E-state index contributed by atoms with van der Waals surface area (Å²) in [6, 6.07) is 30.1. The van der Waals surface area contributed by atoms with Crippen LogP contribution in [-0.4, -0.2) is 17.4 Å². The minimum absolute atomic E-state index is 0.786. The molecule has 2 heterocycles. The van der Waals surface area contributed by atoms with Crippen molar-refractivity contribution >= 4 is 32.0 Å². The van der Waals surface area contributed by atoms with Crippen molar-refractivity contribution in [2.45, 2.75) is 57.7 Å². The van der Waals surface area contributed by atoms with Crippen LogP contribution in [0.1, 0.15) is 60.1 Å². The molecule has 0 saturated heterocycles. The largest absolute Gasteiger partial charge is 0.354 e. The van der Waals surface area contributed by atoms with E-state index in [9.17, 15) is 0 Å². The fourth-order valence-corrected chi connectivity index (χ4v) is 5.27. The molecule has 4 aromatic rings. The quantitative estimate of drug-likeness (QED) is 0.211. The molecular formula is C34H38BN3. The summed E-state index contributed by atoms with van der Waals surface area (Å²) in [7, 11) is 2.27. The summed E-state index contributed by atoms with van der Waals surface area (Å²) in [4.78, 5) is 5.14. The molecule has 4 heteroatoms. The number of imidazole rings is 1. The van der Waals surface area contributed by atoms with E-state index in [2.05, 4.69) is 115 Å². The molecule has 38 heavy (non-hydrogen) atoms. The molecule has 0 amide bonds. The number of aromatic nitrogens is 2. The first-order valence-corrected chi connectivity index (χ1v) is 14.2. The lowest BCUT2D eigenvalue weighted by atomic mass is 9.97. The third-order valence-corrected chi connectivity index (χ3v) is 7.40. The van der Waals surface area contributed by atoms with Gasteiger partial charge in [-0.2, -0.15) is 0 Å². The van der Waals surface area contributed by atoms with Crippen LogP contribution in [0.5, 0.6) is 0 Å². The first kappa shape index (κ1) is 25.8. The number of hydrogen-bond acceptors (Lipinski definition) is 2. The third kappa shape index (κ3) is 6.37. The van der Waals surface area contributed by atoms with Crippen molar-refractivity contribution in [3.63, 3.8) is 0 Å². The van der Waals surface area contributed by atoms with Crippen molar-refractivity contribution in [2.24, 2.45) is 0 Å². The molecule has 3 aromatic carbocycles. The van der Waals surface area contributed by atoms with Gasteiger partial charge in [0.2, 0.25) is 0 Å². The summed E-state index contributed by atoms with van der Waals surface area (Å²) in [5.41, 5.74) is 9.31. The van der Waals surface area contributed by atoms with Gasteiger partial charge in [0.15, 0.2) is 5.48 Å². The van der Waals surface area contributed by atoms with Crippen molar-refractivity contribution in [1.29, 1.82) is 0 Å². The number of aryl methyl sites for hydroxylation is 1. The van der Waals surface area contributed by atoms with Crippen LogP contribution >= 0.6 is 0 Å². The zero-order valence-corrected chi connectivity index (χ0v) is 22.6. The van der Waals surface area contributed by atoms with E-state index in [0.29, 0.717) is 0 Å². The Kier molecular flexibility index (Phi) is 8.60. The van der Waals surface area contributed by atoms with Crippen LogP contribution in [0, 0.1) is 0 Å². The van der Waals surface area contributed by atoms with Gasteiger partial charge in [-0.3, -0.25) is 4.57 Å². The predicted octanol–water partition coefficient (Wildman–Crippen LogP) is 5.34. The molecule has 5 rings (SSSR count). The number of fused-ring (bicyclic) bond motifs is 1. The molecule has 0 spiro atoms. The number of hydrogen-bond donors (Lipinski definition) is 1. The van der Waals surface area contributed by atoms with Crippen molar-refractivity contribution in [2.75, 3.05) is 0 Å². The Labute approximate surface area is 228 Å². The molecule has 0 radical (unpaired) electrons. The Hall–Kier alpha value is -3.79. The second-order valence-electron chi connectivity index (χ2n) is 10.4. The summed E-state index contributed by atoms with van der Waals surface area (Å²) in [5, 5.41) is 4.66. The third-order valence-electron chi connectivity index (χ3n) is 7.40. The molecule has 0 unspecified atom stereocenters. The molecule has 0 bridgehead atoms. The van der Waals surface area contributed by atoms with Crippen molar-refractivity contribution in [3.8, 4) is 0 Å². The molecule has 0 aliphatic carbocycles. The van der Waals surface area contributed by atoms with E-state index in [0.717, 1.165) is 52.7 Å². The fraction of sp³-hybridized carbons (Fsp3) is 0.265. The van der Waals surface area contributed by atoms with Gasteiger partial charge >= 0.3 is 0 Å². The van der Waals surface area contributed by atoms with Gasteiger partial charge in [-0.25, -0.2) is 4.98 Å². The van der Waals surface area contributed by atoms with Crippen LogP contribution in [0.3, 0.4) is 0 Å². The highest BCUT2D eigenvalue weighted by Gasteiger charge is 2.17. The van der Waals surface area contributed by atoms with E-state index in [-0.39, 0.29) is 0 Å². The maximum atomic E-state index is 5.14. The molecule has 1 aliphatic rings. The number of nitrogens with one attached hydrogen (secondary N) is 1. The molecular weight excluding hydrogens is 461 g/mol. The van der Waals surface area contributed by atoms with Crippen LogP contribution in [-0.2, 0) is 19.3 Å². The monoisotopic (exact) mass is 499 g/mol. The Morgan fingerprint density at radius 2 is 1.42 bits per heavy atom. The van der Waals surface area contributed by atoms with E-state index in [1.165, 1.54) is 55.1 Å². The average molecular weight is 500 g/mol. The summed E-state index contributed by atoms with van der Waals surface area (Å²) < 4.78 is 2.17. The summed E-state index contributed by atoms with van der Waals surface area (Å²) >= 11 is 0. The molecule has 3 nitrogen and oxygen atoms in total. The molecule has 0 atom stereocenters. The Morgan fingerprint density at radius 3 is 2.21 bits per heavy atom. The highest BCUT2D eigenvalue weighted by atomic mass is 15.1. The summed E-state index contributed by atoms with van der Waals surface area (Å²) in [6.07, 6.45) is 12.8. The zero-order valence-electron chi connectivity index (χ0n) is 22.6. The van der Waals surface area contributed by atoms with Crippen LogP contribution in [0.15, 0.2) is 84.9 Å². The molecule has 0 fully saturated rings. The van der Waals surface area contributed by atoms with Gasteiger partial charge in [-0.05, 0) is 35.1 Å². The van der Waals surface area contributed by atoms with Gasteiger partial charge in [-0.15, -0.1) is 0 Å². The van der Waals surface area contributed by atoms with Crippen molar-refractivity contribution in [3.05, 3.63) is 124 Å². The van der Waals surface area contributed by atoms with Crippen LogP contribution in [0.2, 0.25) is 6.32 Å². The van der Waals surface area contributed by atoms with E-state index >= 15 is 0 Å². The lowest BCUT2D eigenvalue weighted by molar-refractivity contribution is 0.632. The first-order valence-electron chi connectivity index (χ1n) is 14.2. The Morgan fingerprint density at radius 1 is 0.737 bits per heavy atom. The van der Waals surface area contributed by atoms with Gasteiger partial charge < -0.3 is 5.32 Å². The number of unbranched alkanes of at least 4 members (excludes halogenated alkanes) is 4. The topological polar surface area (TPSA) is 29.9 Å².